The molecule has 3 N–H and O–H groups in total. The Bertz CT molecular complexity index is 1240. The second kappa shape index (κ2) is 9.71. The Kier molecular flexibility index (Phi) is 6.81. The number of nitrogens with zero attached hydrogens (tertiary/aromatic N) is 2. The van der Waals surface area contributed by atoms with Crippen molar-refractivity contribution in [3.8, 4) is 5.75 Å². The van der Waals surface area contributed by atoms with Gasteiger partial charge in [-0.3, -0.25) is 19.7 Å². The van der Waals surface area contributed by atoms with Crippen molar-refractivity contribution in [2.24, 2.45) is 5.10 Å². The van der Waals surface area contributed by atoms with E-state index in [4.69, 9.17) is 11.6 Å². The van der Waals surface area contributed by atoms with E-state index in [1.54, 1.807) is 24.3 Å². The highest BCUT2D eigenvalue weighted by Gasteiger charge is 2.18. The maximum atomic E-state index is 12.5. The van der Waals surface area contributed by atoms with Crippen molar-refractivity contribution in [1.29, 1.82) is 0 Å². The Morgan fingerprint density at radius 1 is 1.09 bits per heavy atom. The predicted octanol–water partition coefficient (Wildman–Crippen LogP) is 4.28. The summed E-state index contributed by atoms with van der Waals surface area (Å²) in [5, 5.41) is 27.4. The molecule has 0 fully saturated rings. The number of anilines is 1. The lowest BCUT2D eigenvalue weighted by atomic mass is 10.1. The van der Waals surface area contributed by atoms with Crippen LogP contribution < -0.4 is 10.7 Å². The first-order chi connectivity index (χ1) is 15.3. The van der Waals surface area contributed by atoms with Crippen LogP contribution in [0.1, 0.15) is 31.8 Å². The van der Waals surface area contributed by atoms with Crippen LogP contribution in [0.3, 0.4) is 0 Å². The molecule has 0 saturated heterocycles. The van der Waals surface area contributed by atoms with Crippen molar-refractivity contribution < 1.29 is 19.6 Å². The molecule has 0 aliphatic heterocycles. The molecule has 9 nitrogen and oxygen atoms in total. The molecule has 3 aromatic carbocycles. The fraction of sp³-hybridized carbons (Fsp3) is 0.0455. The highest BCUT2D eigenvalue weighted by Crippen LogP contribution is 2.32. The number of carbonyl (C=O) groups excluding carboxylic acids is 2. The normalized spacial score (nSPS) is 10.7. The molecule has 3 aromatic rings. The van der Waals surface area contributed by atoms with Gasteiger partial charge in [-0.25, -0.2) is 5.43 Å². The third-order valence-electron chi connectivity index (χ3n) is 4.42. The summed E-state index contributed by atoms with van der Waals surface area (Å²) >= 11 is 5.82. The van der Waals surface area contributed by atoms with E-state index in [-0.39, 0.29) is 22.1 Å². The molecule has 10 heteroatoms. The fourth-order valence-electron chi connectivity index (χ4n) is 2.83. The summed E-state index contributed by atoms with van der Waals surface area (Å²) in [7, 11) is 0. The van der Waals surface area contributed by atoms with E-state index in [0.717, 1.165) is 17.8 Å². The van der Waals surface area contributed by atoms with E-state index in [1.807, 2.05) is 19.1 Å². The molecule has 3 rings (SSSR count). The lowest BCUT2D eigenvalue weighted by Gasteiger charge is -2.08. The number of rotatable bonds is 6. The van der Waals surface area contributed by atoms with Gasteiger partial charge in [0, 0.05) is 33.5 Å². The number of hydrazone groups is 1. The molecular weight excluding hydrogens is 436 g/mol. The van der Waals surface area contributed by atoms with Crippen LogP contribution in [0.4, 0.5) is 11.4 Å². The average molecular weight is 453 g/mol. The minimum atomic E-state index is -0.784. The van der Waals surface area contributed by atoms with Crippen LogP contribution >= 0.6 is 11.6 Å². The predicted molar refractivity (Wildman–Crippen MR) is 120 cm³/mol. The van der Waals surface area contributed by atoms with Crippen molar-refractivity contribution in [1.82, 2.24) is 5.43 Å². The summed E-state index contributed by atoms with van der Waals surface area (Å²) in [6.07, 6.45) is 1.04. The number of amides is 2. The summed E-state index contributed by atoms with van der Waals surface area (Å²) in [5.74, 6) is -1.53. The van der Waals surface area contributed by atoms with Crippen molar-refractivity contribution in [2.45, 2.75) is 6.92 Å². The lowest BCUT2D eigenvalue weighted by molar-refractivity contribution is -0.385. The monoisotopic (exact) mass is 452 g/mol. The molecule has 2 amide bonds. The Morgan fingerprint density at radius 2 is 1.84 bits per heavy atom. The number of phenolic OH excluding ortho intramolecular Hbond substituents is 1. The van der Waals surface area contributed by atoms with Crippen molar-refractivity contribution >= 4 is 41.0 Å². The van der Waals surface area contributed by atoms with E-state index >= 15 is 0 Å². The molecule has 0 aliphatic carbocycles. The number of nitrogens with one attached hydrogen (secondary N) is 2. The van der Waals surface area contributed by atoms with Gasteiger partial charge in [0.25, 0.3) is 11.8 Å². The number of benzene rings is 3. The molecule has 0 atom stereocenters. The molecule has 0 bridgehead atoms. The van der Waals surface area contributed by atoms with E-state index in [9.17, 15) is 24.8 Å². The minimum absolute atomic E-state index is 0.0272. The number of nitro benzene ring substituents is 1. The number of aryl methyl sites for hydroxylation is 1. The maximum absolute atomic E-state index is 12.5. The number of aromatic hydroxyl groups is 1. The Hall–Kier alpha value is -4.24. The Labute approximate surface area is 187 Å². The standard InChI is InChI=1S/C22H17ClN4O5/c1-13-5-2-3-8-18(13)22(30)25-17-7-4-6-14(10-17)21(29)26-24-12-15-9-16(23)11-19(20(15)28)27(31)32/h2-12,28H,1H3,(H,25,30)(H,26,29)/b24-12-. The summed E-state index contributed by atoms with van der Waals surface area (Å²) in [6, 6.07) is 15.6. The number of halogens is 1. The largest absolute Gasteiger partial charge is 0.502 e. The van der Waals surface area contributed by atoms with Crippen molar-refractivity contribution in [3.05, 3.63) is 98.1 Å². The summed E-state index contributed by atoms with van der Waals surface area (Å²) < 4.78 is 0. The van der Waals surface area contributed by atoms with Gasteiger partial charge < -0.3 is 10.4 Å². The molecule has 0 aromatic heterocycles. The van der Waals surface area contributed by atoms with E-state index < -0.39 is 22.3 Å². The highest BCUT2D eigenvalue weighted by molar-refractivity contribution is 6.31. The first kappa shape index (κ1) is 22.4. The number of nitro groups is 1. The van der Waals surface area contributed by atoms with Gasteiger partial charge in [0.2, 0.25) is 5.75 Å². The second-order valence-corrected chi connectivity index (χ2v) is 7.11. The number of carbonyl (C=O) groups is 2. The van der Waals surface area contributed by atoms with E-state index in [0.29, 0.717) is 11.3 Å². The van der Waals surface area contributed by atoms with Gasteiger partial charge in [-0.2, -0.15) is 5.10 Å². The summed E-state index contributed by atoms with van der Waals surface area (Å²) in [5.41, 5.74) is 3.60. The third kappa shape index (κ3) is 5.27. The quantitative estimate of drug-likeness (QED) is 0.291. The molecule has 0 spiro atoms. The molecule has 162 valence electrons. The first-order valence-corrected chi connectivity index (χ1v) is 9.61. The minimum Gasteiger partial charge on any atom is -0.502 e. The van der Waals surface area contributed by atoms with Gasteiger partial charge in [0.1, 0.15) is 0 Å². The summed E-state index contributed by atoms with van der Waals surface area (Å²) in [6.45, 7) is 1.82. The zero-order valence-electron chi connectivity index (χ0n) is 16.7. The Morgan fingerprint density at radius 3 is 2.56 bits per heavy atom. The average Bonchev–Trinajstić information content (AvgIpc) is 2.76. The number of hydrogen-bond acceptors (Lipinski definition) is 6. The van der Waals surface area contributed by atoms with Gasteiger partial charge in [-0.15, -0.1) is 0 Å². The van der Waals surface area contributed by atoms with Crippen LogP contribution in [0.25, 0.3) is 0 Å². The topological polar surface area (TPSA) is 134 Å². The van der Waals surface area contributed by atoms with E-state index in [1.165, 1.54) is 18.2 Å². The molecule has 0 saturated carbocycles. The highest BCUT2D eigenvalue weighted by atomic mass is 35.5. The van der Waals surface area contributed by atoms with Gasteiger partial charge in [0.05, 0.1) is 11.1 Å². The van der Waals surface area contributed by atoms with Crippen LogP contribution in [0.15, 0.2) is 65.8 Å². The lowest BCUT2D eigenvalue weighted by Crippen LogP contribution is -2.18. The van der Waals surface area contributed by atoms with Crippen molar-refractivity contribution in [2.75, 3.05) is 5.32 Å². The zero-order chi connectivity index (χ0) is 23.3. The second-order valence-electron chi connectivity index (χ2n) is 6.67. The van der Waals surface area contributed by atoms with Gasteiger partial charge >= 0.3 is 5.69 Å². The summed E-state index contributed by atoms with van der Waals surface area (Å²) in [4.78, 5) is 35.0. The molecule has 32 heavy (non-hydrogen) atoms. The smallest absolute Gasteiger partial charge is 0.312 e. The Balaban J connectivity index is 1.71. The van der Waals surface area contributed by atoms with Crippen LogP contribution in [0, 0.1) is 17.0 Å². The fourth-order valence-corrected chi connectivity index (χ4v) is 3.05. The van der Waals surface area contributed by atoms with Crippen molar-refractivity contribution in [3.63, 3.8) is 0 Å². The van der Waals surface area contributed by atoms with Gasteiger partial charge in [-0.05, 0) is 42.8 Å². The number of hydrogen-bond donors (Lipinski definition) is 3. The van der Waals surface area contributed by atoms with Gasteiger partial charge in [0.15, 0.2) is 0 Å². The molecular formula is C22H17ClN4O5. The van der Waals surface area contributed by atoms with Crippen LogP contribution in [0.2, 0.25) is 5.02 Å². The third-order valence-corrected chi connectivity index (χ3v) is 4.64. The molecule has 0 heterocycles. The van der Waals surface area contributed by atoms with Crippen LogP contribution in [0.5, 0.6) is 5.75 Å². The zero-order valence-corrected chi connectivity index (χ0v) is 17.5. The van der Waals surface area contributed by atoms with Gasteiger partial charge in [-0.1, -0.05) is 35.9 Å². The SMILES string of the molecule is Cc1ccccc1C(=O)Nc1cccc(C(=O)N/N=C\c2cc(Cl)cc([N+](=O)[O-])c2O)c1. The molecule has 0 aliphatic rings. The maximum Gasteiger partial charge on any atom is 0.312 e. The number of phenols is 1. The van der Waals surface area contributed by atoms with Crippen LogP contribution in [-0.4, -0.2) is 28.1 Å². The van der Waals surface area contributed by atoms with Crippen LogP contribution in [-0.2, 0) is 0 Å². The molecule has 0 unspecified atom stereocenters. The molecule has 0 radical (unpaired) electrons. The van der Waals surface area contributed by atoms with E-state index in [2.05, 4.69) is 15.8 Å². The first-order valence-electron chi connectivity index (χ1n) is 9.23.